The molecule has 0 spiro atoms. The van der Waals surface area contributed by atoms with Crippen LogP contribution in [0.3, 0.4) is 0 Å². The minimum absolute atomic E-state index is 0.210. The maximum atomic E-state index is 9.68. The second-order valence-electron chi connectivity index (χ2n) is 6.99. The summed E-state index contributed by atoms with van der Waals surface area (Å²) >= 11 is 0. The minimum atomic E-state index is -0.775. The molecule has 0 saturated carbocycles. The number of methoxy groups -OCH3 is 1. The summed E-state index contributed by atoms with van der Waals surface area (Å²) in [5.74, 6) is -0.775. The Morgan fingerprint density at radius 1 is 0.893 bits per heavy atom. The molecule has 3 unspecified atom stereocenters. The van der Waals surface area contributed by atoms with E-state index >= 15 is 0 Å². The number of nitrogens with two attached hydrogens (primary N) is 1. The van der Waals surface area contributed by atoms with Crippen LogP contribution in [0.25, 0.3) is 0 Å². The molecule has 5 atom stereocenters. The highest BCUT2D eigenvalue weighted by Gasteiger charge is 2.55. The number of fused-ring (bicyclic) bond motifs is 1. The summed E-state index contributed by atoms with van der Waals surface area (Å²) in [6.45, 7) is 7.16. The van der Waals surface area contributed by atoms with Crippen LogP contribution in [-0.4, -0.2) is 108 Å². The molecule has 0 aromatic heterocycles. The van der Waals surface area contributed by atoms with Gasteiger partial charge in [-0.15, -0.1) is 0 Å². The van der Waals surface area contributed by atoms with Gasteiger partial charge in [0.2, 0.25) is 0 Å². The Morgan fingerprint density at radius 3 is 2.04 bits per heavy atom. The van der Waals surface area contributed by atoms with Gasteiger partial charge in [-0.3, -0.25) is 0 Å². The van der Waals surface area contributed by atoms with Crippen LogP contribution in [0, 0.1) is 0 Å². The topological polar surface area (TPSA) is 120 Å². The van der Waals surface area contributed by atoms with Crippen LogP contribution in [0.5, 0.6) is 0 Å². The van der Waals surface area contributed by atoms with E-state index in [1.165, 1.54) is 7.11 Å². The lowest BCUT2D eigenvalue weighted by Crippen LogP contribution is -2.58. The molecule has 0 radical (unpaired) electrons. The predicted octanol–water partition coefficient (Wildman–Crippen LogP) is -0.736. The molecule has 0 amide bonds. The highest BCUT2D eigenvalue weighted by atomic mass is 16.8. The van der Waals surface area contributed by atoms with Gasteiger partial charge in [0.05, 0.1) is 52.9 Å². The van der Waals surface area contributed by atoms with E-state index < -0.39 is 36.5 Å². The first-order valence-electron chi connectivity index (χ1n) is 9.72. The summed E-state index contributed by atoms with van der Waals surface area (Å²) < 4.78 is 45.0. The van der Waals surface area contributed by atoms with Crippen molar-refractivity contribution in [1.82, 2.24) is 0 Å². The smallest absolute Gasteiger partial charge is 0.186 e. The third-order valence-electron chi connectivity index (χ3n) is 4.39. The lowest BCUT2D eigenvalue weighted by molar-refractivity contribution is -0.280. The molecule has 2 aliphatic rings. The van der Waals surface area contributed by atoms with Crippen LogP contribution >= 0.6 is 0 Å². The van der Waals surface area contributed by atoms with Crippen molar-refractivity contribution < 1.29 is 43.0 Å². The van der Waals surface area contributed by atoms with E-state index in [1.807, 2.05) is 13.8 Å². The first-order chi connectivity index (χ1) is 13.5. The summed E-state index contributed by atoms with van der Waals surface area (Å²) in [5.41, 5.74) is 5.32. The van der Waals surface area contributed by atoms with E-state index in [1.54, 1.807) is 0 Å². The monoisotopic (exact) mass is 409 g/mol. The van der Waals surface area contributed by atoms with Crippen LogP contribution in [0.1, 0.15) is 13.8 Å². The van der Waals surface area contributed by atoms with Crippen molar-refractivity contribution in [3.63, 3.8) is 0 Å². The van der Waals surface area contributed by atoms with E-state index in [-0.39, 0.29) is 6.61 Å². The number of aliphatic hydroxyl groups excluding tert-OH is 1. The highest BCUT2D eigenvalue weighted by molar-refractivity contribution is 4.97. The Kier molecular flexibility index (Phi) is 10.5. The molecule has 166 valence electrons. The molecular formula is C18H35NO9. The summed E-state index contributed by atoms with van der Waals surface area (Å²) in [5, 5.41) is 9.68. The normalized spacial score (nSPS) is 31.8. The van der Waals surface area contributed by atoms with E-state index in [0.29, 0.717) is 52.8 Å². The average Bonchev–Trinajstić information content (AvgIpc) is 3.00. The van der Waals surface area contributed by atoms with E-state index in [9.17, 15) is 5.11 Å². The standard InChI is InChI=1S/C18H35NO9/c1-18(2)27-15-14(13(12-20)26-17(21-3)16(15)28-18)25-11-10-24-9-8-23-7-6-22-5-4-19/h13-17,20H,4-12,19H2,1-3H3/t13?,14-,15?,16?,17+/m1/s1. The number of aliphatic hydroxyl groups is 1. The second-order valence-corrected chi connectivity index (χ2v) is 6.99. The van der Waals surface area contributed by atoms with Gasteiger partial charge in [0.1, 0.15) is 24.4 Å². The van der Waals surface area contributed by atoms with Crippen molar-refractivity contribution >= 4 is 0 Å². The van der Waals surface area contributed by atoms with E-state index in [4.69, 9.17) is 43.6 Å². The van der Waals surface area contributed by atoms with Crippen molar-refractivity contribution in [2.75, 3.05) is 66.5 Å². The molecule has 3 N–H and O–H groups in total. The maximum Gasteiger partial charge on any atom is 0.186 e. The lowest BCUT2D eigenvalue weighted by Gasteiger charge is -2.40. The molecule has 28 heavy (non-hydrogen) atoms. The number of rotatable bonds is 14. The van der Waals surface area contributed by atoms with Crippen LogP contribution in [0.15, 0.2) is 0 Å². The van der Waals surface area contributed by atoms with Crippen molar-refractivity contribution in [2.45, 2.75) is 50.3 Å². The third-order valence-corrected chi connectivity index (χ3v) is 4.39. The molecular weight excluding hydrogens is 374 g/mol. The minimum Gasteiger partial charge on any atom is -0.394 e. The fourth-order valence-electron chi connectivity index (χ4n) is 3.23. The van der Waals surface area contributed by atoms with Gasteiger partial charge in [-0.2, -0.15) is 0 Å². The largest absolute Gasteiger partial charge is 0.394 e. The maximum absolute atomic E-state index is 9.68. The summed E-state index contributed by atoms with van der Waals surface area (Å²) in [7, 11) is 1.53. The Balaban J connectivity index is 1.66. The third kappa shape index (κ3) is 7.13. The van der Waals surface area contributed by atoms with Crippen molar-refractivity contribution in [3.05, 3.63) is 0 Å². The van der Waals surface area contributed by atoms with E-state index in [0.717, 1.165) is 0 Å². The molecule has 10 nitrogen and oxygen atoms in total. The Morgan fingerprint density at radius 2 is 1.46 bits per heavy atom. The summed E-state index contributed by atoms with van der Waals surface area (Å²) in [6, 6.07) is 0. The molecule has 2 aliphatic heterocycles. The average molecular weight is 409 g/mol. The first-order valence-corrected chi connectivity index (χ1v) is 9.72. The first kappa shape index (κ1) is 23.9. The van der Waals surface area contributed by atoms with Gasteiger partial charge in [-0.1, -0.05) is 0 Å². The second kappa shape index (κ2) is 12.3. The van der Waals surface area contributed by atoms with Crippen LogP contribution in [-0.2, 0) is 37.9 Å². The Labute approximate surface area is 166 Å². The summed E-state index contributed by atoms with van der Waals surface area (Å²) in [4.78, 5) is 0. The molecule has 10 heteroatoms. The SMILES string of the molecule is CO[C@H]1OC(CO)[C@@H](OCCOCCOCCOCCN)C2OC(C)(C)OC21. The van der Waals surface area contributed by atoms with Gasteiger partial charge in [0.25, 0.3) is 0 Å². The summed E-state index contributed by atoms with van der Waals surface area (Å²) in [6.07, 6.45) is -2.50. The van der Waals surface area contributed by atoms with Gasteiger partial charge < -0.3 is 48.7 Å². The zero-order chi connectivity index (χ0) is 20.4. The van der Waals surface area contributed by atoms with Gasteiger partial charge >= 0.3 is 0 Å². The lowest BCUT2D eigenvalue weighted by atomic mass is 9.99. The molecule has 2 heterocycles. The molecule has 0 aliphatic carbocycles. The van der Waals surface area contributed by atoms with Gasteiger partial charge in [-0.05, 0) is 13.8 Å². The zero-order valence-electron chi connectivity index (χ0n) is 17.0. The predicted molar refractivity (Wildman–Crippen MR) is 97.8 cm³/mol. The highest BCUT2D eigenvalue weighted by Crippen LogP contribution is 2.38. The molecule has 0 aromatic carbocycles. The molecule has 2 rings (SSSR count). The van der Waals surface area contributed by atoms with Crippen molar-refractivity contribution in [3.8, 4) is 0 Å². The number of ether oxygens (including phenoxy) is 8. The number of hydrogen-bond donors (Lipinski definition) is 2. The molecule has 2 saturated heterocycles. The van der Waals surface area contributed by atoms with Crippen LogP contribution in [0.2, 0.25) is 0 Å². The zero-order valence-corrected chi connectivity index (χ0v) is 17.0. The van der Waals surface area contributed by atoms with Crippen LogP contribution in [0.4, 0.5) is 0 Å². The van der Waals surface area contributed by atoms with Gasteiger partial charge in [0.15, 0.2) is 12.1 Å². The van der Waals surface area contributed by atoms with E-state index in [2.05, 4.69) is 0 Å². The molecule has 2 fully saturated rings. The van der Waals surface area contributed by atoms with Crippen molar-refractivity contribution in [1.29, 1.82) is 0 Å². The Hall–Kier alpha value is -0.400. The quantitative estimate of drug-likeness (QED) is 0.355. The van der Waals surface area contributed by atoms with Crippen molar-refractivity contribution in [2.24, 2.45) is 5.73 Å². The number of hydrogen-bond acceptors (Lipinski definition) is 10. The fraction of sp³-hybridized carbons (Fsp3) is 1.00. The fourth-order valence-corrected chi connectivity index (χ4v) is 3.23. The Bertz CT molecular complexity index is 426. The van der Waals surface area contributed by atoms with Gasteiger partial charge in [0, 0.05) is 13.7 Å². The van der Waals surface area contributed by atoms with Gasteiger partial charge in [-0.25, -0.2) is 0 Å². The molecule has 0 bridgehead atoms. The van der Waals surface area contributed by atoms with Crippen LogP contribution < -0.4 is 5.73 Å². The molecule has 0 aromatic rings.